The van der Waals surface area contributed by atoms with Crippen molar-refractivity contribution < 1.29 is 9.90 Å². The summed E-state index contributed by atoms with van der Waals surface area (Å²) in [7, 11) is 0. The van der Waals surface area contributed by atoms with Crippen LogP contribution in [0.2, 0.25) is 0 Å². The van der Waals surface area contributed by atoms with E-state index in [0.717, 1.165) is 10.9 Å². The average Bonchev–Trinajstić information content (AvgIpc) is 2.35. The number of aliphatic carboxylic acids is 1. The lowest BCUT2D eigenvalue weighted by Gasteiger charge is -2.17. The lowest BCUT2D eigenvalue weighted by atomic mass is 9.87. The molecule has 0 saturated heterocycles. The molecule has 0 amide bonds. The van der Waals surface area contributed by atoms with Crippen molar-refractivity contribution >= 4 is 16.7 Å². The summed E-state index contributed by atoms with van der Waals surface area (Å²) < 4.78 is 0. The molecule has 2 rings (SSSR count). The second-order valence-electron chi connectivity index (χ2n) is 5.03. The average molecular weight is 242 g/mol. The Morgan fingerprint density at radius 2 is 1.78 bits per heavy atom. The number of carboxylic acids is 1. The number of fused-ring (bicyclic) bond motifs is 1. The maximum atomic E-state index is 11.3. The highest BCUT2D eigenvalue weighted by molar-refractivity contribution is 5.86. The van der Waals surface area contributed by atoms with Gasteiger partial charge in [0.15, 0.2) is 0 Å². The van der Waals surface area contributed by atoms with Gasteiger partial charge in [-0.05, 0) is 28.7 Å². The van der Waals surface area contributed by atoms with E-state index < -0.39 is 5.97 Å². The molecule has 0 fully saturated rings. The molecule has 0 saturated carbocycles. The highest BCUT2D eigenvalue weighted by atomic mass is 16.4. The summed E-state index contributed by atoms with van der Waals surface area (Å²) in [6.45, 7) is 3.92. The van der Waals surface area contributed by atoms with Gasteiger partial charge in [0, 0.05) is 0 Å². The molecule has 1 N–H and O–H groups in total. The number of rotatable bonds is 4. The molecule has 0 spiro atoms. The van der Waals surface area contributed by atoms with E-state index in [2.05, 4.69) is 18.2 Å². The fraction of sp³-hybridized carbons (Fsp3) is 0.312. The third kappa shape index (κ3) is 2.53. The molecule has 1 atom stereocenters. The first-order valence-corrected chi connectivity index (χ1v) is 6.29. The highest BCUT2D eigenvalue weighted by Crippen LogP contribution is 2.24. The minimum Gasteiger partial charge on any atom is -0.481 e. The van der Waals surface area contributed by atoms with E-state index in [-0.39, 0.29) is 11.8 Å². The number of hydrogen-bond donors (Lipinski definition) is 1. The predicted molar refractivity (Wildman–Crippen MR) is 73.6 cm³/mol. The van der Waals surface area contributed by atoms with E-state index in [1.807, 2.05) is 38.1 Å². The van der Waals surface area contributed by atoms with Gasteiger partial charge in [-0.3, -0.25) is 4.79 Å². The maximum Gasteiger partial charge on any atom is 0.307 e. The Morgan fingerprint density at radius 3 is 2.44 bits per heavy atom. The predicted octanol–water partition coefficient (Wildman–Crippen LogP) is 3.74. The van der Waals surface area contributed by atoms with Crippen molar-refractivity contribution in [2.45, 2.75) is 20.3 Å². The molecular weight excluding hydrogens is 224 g/mol. The minimum absolute atomic E-state index is 0.140. The summed E-state index contributed by atoms with van der Waals surface area (Å²) in [6, 6.07) is 14.2. The summed E-state index contributed by atoms with van der Waals surface area (Å²) in [5.74, 6) is -0.893. The Balaban J connectivity index is 2.39. The zero-order chi connectivity index (χ0) is 13.1. The third-order valence-electron chi connectivity index (χ3n) is 3.44. The van der Waals surface area contributed by atoms with Crippen molar-refractivity contribution in [1.29, 1.82) is 0 Å². The molecule has 0 bridgehead atoms. The number of benzene rings is 2. The van der Waals surface area contributed by atoms with Crippen LogP contribution in [-0.2, 0) is 11.2 Å². The van der Waals surface area contributed by atoms with E-state index in [0.29, 0.717) is 6.42 Å². The van der Waals surface area contributed by atoms with Gasteiger partial charge in [0.1, 0.15) is 0 Å². The summed E-state index contributed by atoms with van der Waals surface area (Å²) in [5.41, 5.74) is 1.12. The number of hydrogen-bond acceptors (Lipinski definition) is 1. The zero-order valence-electron chi connectivity index (χ0n) is 10.8. The second kappa shape index (κ2) is 5.21. The van der Waals surface area contributed by atoms with Crippen molar-refractivity contribution in [2.75, 3.05) is 0 Å². The van der Waals surface area contributed by atoms with Crippen LogP contribution in [0.15, 0.2) is 42.5 Å². The fourth-order valence-electron chi connectivity index (χ4n) is 2.32. The van der Waals surface area contributed by atoms with Gasteiger partial charge in [-0.1, -0.05) is 56.3 Å². The van der Waals surface area contributed by atoms with E-state index in [4.69, 9.17) is 0 Å². The van der Waals surface area contributed by atoms with Crippen LogP contribution in [0.25, 0.3) is 10.8 Å². The van der Waals surface area contributed by atoms with Crippen molar-refractivity contribution in [3.8, 4) is 0 Å². The van der Waals surface area contributed by atoms with Gasteiger partial charge in [-0.2, -0.15) is 0 Å². The molecule has 0 heterocycles. The van der Waals surface area contributed by atoms with Gasteiger partial charge in [0.2, 0.25) is 0 Å². The zero-order valence-corrected chi connectivity index (χ0v) is 10.8. The van der Waals surface area contributed by atoms with Crippen molar-refractivity contribution in [2.24, 2.45) is 11.8 Å². The van der Waals surface area contributed by atoms with Crippen molar-refractivity contribution in [3.05, 3.63) is 48.0 Å². The van der Waals surface area contributed by atoms with E-state index >= 15 is 0 Å². The summed E-state index contributed by atoms with van der Waals surface area (Å²) >= 11 is 0. The summed E-state index contributed by atoms with van der Waals surface area (Å²) in [4.78, 5) is 11.3. The van der Waals surface area contributed by atoms with Crippen molar-refractivity contribution in [1.82, 2.24) is 0 Å². The third-order valence-corrected chi connectivity index (χ3v) is 3.44. The van der Waals surface area contributed by atoms with Crippen LogP contribution in [0, 0.1) is 11.8 Å². The molecule has 0 aliphatic carbocycles. The quantitative estimate of drug-likeness (QED) is 0.886. The first-order valence-electron chi connectivity index (χ1n) is 6.29. The van der Waals surface area contributed by atoms with Gasteiger partial charge in [-0.15, -0.1) is 0 Å². The number of carboxylic acid groups (broad SMARTS) is 1. The normalized spacial score (nSPS) is 12.8. The molecular formula is C16H18O2. The Labute approximate surface area is 107 Å². The molecule has 0 aliphatic heterocycles. The van der Waals surface area contributed by atoms with Crippen LogP contribution < -0.4 is 0 Å². The van der Waals surface area contributed by atoms with Gasteiger partial charge >= 0.3 is 5.97 Å². The molecule has 1 unspecified atom stereocenters. The topological polar surface area (TPSA) is 37.3 Å². The lowest BCUT2D eigenvalue weighted by Crippen LogP contribution is -2.22. The van der Waals surface area contributed by atoms with Gasteiger partial charge in [-0.25, -0.2) is 0 Å². The second-order valence-corrected chi connectivity index (χ2v) is 5.03. The smallest absolute Gasteiger partial charge is 0.307 e. The lowest BCUT2D eigenvalue weighted by molar-refractivity contribution is -0.143. The van der Waals surface area contributed by atoms with Crippen LogP contribution in [0.4, 0.5) is 0 Å². The van der Waals surface area contributed by atoms with Crippen LogP contribution in [0.3, 0.4) is 0 Å². The van der Waals surface area contributed by atoms with Crippen LogP contribution in [-0.4, -0.2) is 11.1 Å². The Kier molecular flexibility index (Phi) is 3.66. The van der Waals surface area contributed by atoms with Crippen LogP contribution in [0.1, 0.15) is 19.4 Å². The first-order chi connectivity index (χ1) is 8.59. The molecule has 2 aromatic rings. The monoisotopic (exact) mass is 242 g/mol. The first kappa shape index (κ1) is 12.6. The Morgan fingerprint density at radius 1 is 1.11 bits per heavy atom. The van der Waals surface area contributed by atoms with Crippen molar-refractivity contribution in [3.63, 3.8) is 0 Å². The fourth-order valence-corrected chi connectivity index (χ4v) is 2.32. The standard InChI is InChI=1S/C16H18O2/c1-11(2)15(16(17)18)10-13-8-5-7-12-6-3-4-9-14(12)13/h3-9,11,15H,10H2,1-2H3,(H,17,18). The largest absolute Gasteiger partial charge is 0.481 e. The minimum atomic E-state index is -0.710. The van der Waals surface area contributed by atoms with Crippen LogP contribution in [0.5, 0.6) is 0 Å². The molecule has 18 heavy (non-hydrogen) atoms. The summed E-state index contributed by atoms with van der Waals surface area (Å²) in [6.07, 6.45) is 0.592. The van der Waals surface area contributed by atoms with E-state index in [1.165, 1.54) is 5.39 Å². The molecule has 2 aromatic carbocycles. The van der Waals surface area contributed by atoms with Crippen LogP contribution >= 0.6 is 0 Å². The van der Waals surface area contributed by atoms with E-state index in [1.54, 1.807) is 0 Å². The van der Waals surface area contributed by atoms with E-state index in [9.17, 15) is 9.90 Å². The highest BCUT2D eigenvalue weighted by Gasteiger charge is 2.22. The molecule has 2 heteroatoms. The summed E-state index contributed by atoms with van der Waals surface area (Å²) in [5, 5.41) is 11.6. The molecule has 0 aromatic heterocycles. The Hall–Kier alpha value is -1.83. The van der Waals surface area contributed by atoms with Gasteiger partial charge in [0.05, 0.1) is 5.92 Å². The molecule has 0 radical (unpaired) electrons. The number of carbonyl (C=O) groups is 1. The van der Waals surface area contributed by atoms with Gasteiger partial charge < -0.3 is 5.11 Å². The molecule has 94 valence electrons. The SMILES string of the molecule is CC(C)C(Cc1cccc2ccccc12)C(=O)O. The maximum absolute atomic E-state index is 11.3. The molecule has 2 nitrogen and oxygen atoms in total. The van der Waals surface area contributed by atoms with Gasteiger partial charge in [0.25, 0.3) is 0 Å². The molecule has 0 aliphatic rings. The Bertz CT molecular complexity index is 553.